The first-order chi connectivity index (χ1) is 13.3. The fourth-order valence-electron chi connectivity index (χ4n) is 3.57. The molecule has 0 bridgehead atoms. The zero-order valence-corrected chi connectivity index (χ0v) is 14.7. The van der Waals surface area contributed by atoms with Crippen molar-refractivity contribution in [3.8, 4) is 22.8 Å². The Morgan fingerprint density at radius 1 is 1.00 bits per heavy atom. The van der Waals surface area contributed by atoms with E-state index in [1.165, 1.54) is 11.1 Å². The zero-order valence-electron chi connectivity index (χ0n) is 14.7. The van der Waals surface area contributed by atoms with Crippen LogP contribution in [0.5, 0.6) is 0 Å². The van der Waals surface area contributed by atoms with Crippen LogP contribution >= 0.6 is 0 Å². The standard InChI is InChI=1S/C20H19N5O2/c26-18-12-25(8-7-22-18)17-5-3-13(4-6-17)19-23-20(27-24-19)14-1-2-15-10-21-11-16(15)9-14/h1-6,9,21H,7-8,10-12H2,(H,22,26). The molecule has 1 saturated heterocycles. The Morgan fingerprint density at radius 3 is 2.67 bits per heavy atom. The molecule has 136 valence electrons. The van der Waals surface area contributed by atoms with E-state index in [0.29, 0.717) is 24.8 Å². The molecular weight excluding hydrogens is 342 g/mol. The van der Waals surface area contributed by atoms with Gasteiger partial charge in [-0.1, -0.05) is 11.2 Å². The van der Waals surface area contributed by atoms with Crippen LogP contribution in [0.25, 0.3) is 22.8 Å². The van der Waals surface area contributed by atoms with Crippen LogP contribution in [0.4, 0.5) is 5.69 Å². The third-order valence-corrected chi connectivity index (χ3v) is 5.04. The highest BCUT2D eigenvalue weighted by Crippen LogP contribution is 2.27. The maximum Gasteiger partial charge on any atom is 0.258 e. The number of rotatable bonds is 3. The molecule has 3 heterocycles. The second-order valence-corrected chi connectivity index (χ2v) is 6.83. The monoisotopic (exact) mass is 361 g/mol. The summed E-state index contributed by atoms with van der Waals surface area (Å²) in [5, 5.41) is 10.3. The molecule has 0 unspecified atom stereocenters. The smallest absolute Gasteiger partial charge is 0.258 e. The molecule has 0 radical (unpaired) electrons. The minimum atomic E-state index is 0.0534. The molecule has 7 nitrogen and oxygen atoms in total. The van der Waals surface area contributed by atoms with Crippen LogP contribution in [0.2, 0.25) is 0 Å². The van der Waals surface area contributed by atoms with Crippen molar-refractivity contribution in [3.05, 3.63) is 53.6 Å². The highest BCUT2D eigenvalue weighted by Gasteiger charge is 2.18. The Morgan fingerprint density at radius 2 is 1.81 bits per heavy atom. The van der Waals surface area contributed by atoms with Crippen molar-refractivity contribution in [1.29, 1.82) is 0 Å². The number of piperazine rings is 1. The molecule has 2 aliphatic rings. The van der Waals surface area contributed by atoms with Gasteiger partial charge < -0.3 is 20.1 Å². The molecule has 1 aromatic heterocycles. The molecule has 7 heteroatoms. The molecule has 0 spiro atoms. The Hall–Kier alpha value is -3.19. The average Bonchev–Trinajstić information content (AvgIpc) is 3.37. The lowest BCUT2D eigenvalue weighted by Crippen LogP contribution is -2.47. The summed E-state index contributed by atoms with van der Waals surface area (Å²) in [6, 6.07) is 14.1. The number of carbonyl (C=O) groups excluding carboxylic acids is 1. The predicted octanol–water partition coefficient (Wildman–Crippen LogP) is 1.94. The van der Waals surface area contributed by atoms with Gasteiger partial charge in [0.15, 0.2) is 0 Å². The highest BCUT2D eigenvalue weighted by atomic mass is 16.5. The number of anilines is 1. The Kier molecular flexibility index (Phi) is 3.86. The highest BCUT2D eigenvalue weighted by molar-refractivity contribution is 5.82. The minimum absolute atomic E-state index is 0.0534. The first-order valence-electron chi connectivity index (χ1n) is 9.05. The summed E-state index contributed by atoms with van der Waals surface area (Å²) in [5.41, 5.74) is 5.44. The van der Waals surface area contributed by atoms with E-state index in [1.807, 2.05) is 30.3 Å². The van der Waals surface area contributed by atoms with Crippen molar-refractivity contribution in [1.82, 2.24) is 20.8 Å². The molecule has 2 N–H and O–H groups in total. The van der Waals surface area contributed by atoms with Crippen LogP contribution in [0.1, 0.15) is 11.1 Å². The lowest BCUT2D eigenvalue weighted by atomic mass is 10.1. The number of benzene rings is 2. The van der Waals surface area contributed by atoms with Gasteiger partial charge in [0.05, 0.1) is 6.54 Å². The Balaban J connectivity index is 1.37. The molecule has 1 amide bonds. The SMILES string of the molecule is O=C1CN(c2ccc(-c3noc(-c4ccc5c(c4)CNC5)n3)cc2)CCN1. The van der Waals surface area contributed by atoms with Gasteiger partial charge in [0.2, 0.25) is 11.7 Å². The zero-order chi connectivity index (χ0) is 18.2. The Bertz CT molecular complexity index is 996. The van der Waals surface area contributed by atoms with E-state index in [9.17, 15) is 4.79 Å². The number of hydrogen-bond donors (Lipinski definition) is 2. The molecular formula is C20H19N5O2. The summed E-state index contributed by atoms with van der Waals surface area (Å²) in [4.78, 5) is 18.2. The van der Waals surface area contributed by atoms with Gasteiger partial charge in [-0.25, -0.2) is 0 Å². The van der Waals surface area contributed by atoms with Crippen molar-refractivity contribution in [2.24, 2.45) is 0 Å². The van der Waals surface area contributed by atoms with Gasteiger partial charge in [0.25, 0.3) is 5.89 Å². The van der Waals surface area contributed by atoms with Crippen LogP contribution in [0.15, 0.2) is 47.0 Å². The molecule has 3 aromatic rings. The molecule has 2 aliphatic heterocycles. The largest absolute Gasteiger partial charge is 0.360 e. The lowest BCUT2D eigenvalue weighted by molar-refractivity contribution is -0.120. The van der Waals surface area contributed by atoms with Crippen molar-refractivity contribution in [2.75, 3.05) is 24.5 Å². The quantitative estimate of drug-likeness (QED) is 0.742. The summed E-state index contributed by atoms with van der Waals surface area (Å²) < 4.78 is 5.48. The van der Waals surface area contributed by atoms with Gasteiger partial charge in [-0.2, -0.15) is 4.98 Å². The van der Waals surface area contributed by atoms with Crippen LogP contribution in [0.3, 0.4) is 0 Å². The van der Waals surface area contributed by atoms with E-state index < -0.39 is 0 Å². The van der Waals surface area contributed by atoms with Crippen molar-refractivity contribution in [3.63, 3.8) is 0 Å². The fourth-order valence-corrected chi connectivity index (χ4v) is 3.57. The number of hydrogen-bond acceptors (Lipinski definition) is 6. The van der Waals surface area contributed by atoms with E-state index in [4.69, 9.17) is 4.52 Å². The molecule has 0 atom stereocenters. The summed E-state index contributed by atoms with van der Waals surface area (Å²) >= 11 is 0. The first kappa shape index (κ1) is 16.0. The number of fused-ring (bicyclic) bond motifs is 1. The second kappa shape index (κ2) is 6.51. The maximum absolute atomic E-state index is 11.6. The molecule has 0 saturated carbocycles. The van der Waals surface area contributed by atoms with Crippen LogP contribution < -0.4 is 15.5 Å². The van der Waals surface area contributed by atoms with Gasteiger partial charge in [-0.15, -0.1) is 0 Å². The number of nitrogens with zero attached hydrogens (tertiary/aromatic N) is 3. The van der Waals surface area contributed by atoms with Gasteiger partial charge in [-0.3, -0.25) is 4.79 Å². The van der Waals surface area contributed by atoms with Crippen LogP contribution in [-0.4, -0.2) is 35.7 Å². The van der Waals surface area contributed by atoms with E-state index in [0.717, 1.165) is 36.4 Å². The average molecular weight is 361 g/mol. The molecule has 0 aliphatic carbocycles. The summed E-state index contributed by atoms with van der Waals surface area (Å²) in [7, 11) is 0. The van der Waals surface area contributed by atoms with Crippen LogP contribution in [-0.2, 0) is 17.9 Å². The predicted molar refractivity (Wildman–Crippen MR) is 101 cm³/mol. The van der Waals surface area contributed by atoms with Gasteiger partial charge >= 0.3 is 0 Å². The molecule has 2 aromatic carbocycles. The Labute approximate surface area is 156 Å². The van der Waals surface area contributed by atoms with Gasteiger partial charge in [0.1, 0.15) is 0 Å². The van der Waals surface area contributed by atoms with E-state index in [1.54, 1.807) is 0 Å². The normalized spacial score (nSPS) is 16.3. The van der Waals surface area contributed by atoms with E-state index >= 15 is 0 Å². The topological polar surface area (TPSA) is 83.3 Å². The summed E-state index contributed by atoms with van der Waals surface area (Å²) in [5.74, 6) is 1.14. The van der Waals surface area contributed by atoms with Gasteiger partial charge in [0, 0.05) is 43.0 Å². The molecule has 5 rings (SSSR count). The van der Waals surface area contributed by atoms with Crippen molar-refractivity contribution < 1.29 is 9.32 Å². The number of nitrogens with one attached hydrogen (secondary N) is 2. The third-order valence-electron chi connectivity index (χ3n) is 5.04. The second-order valence-electron chi connectivity index (χ2n) is 6.83. The number of aromatic nitrogens is 2. The minimum Gasteiger partial charge on any atom is -0.360 e. The fraction of sp³-hybridized carbons (Fsp3) is 0.250. The van der Waals surface area contributed by atoms with Crippen LogP contribution in [0, 0.1) is 0 Å². The first-order valence-corrected chi connectivity index (χ1v) is 9.05. The van der Waals surface area contributed by atoms with Crippen molar-refractivity contribution in [2.45, 2.75) is 13.1 Å². The molecule has 27 heavy (non-hydrogen) atoms. The maximum atomic E-state index is 11.6. The number of carbonyl (C=O) groups is 1. The third kappa shape index (κ3) is 3.06. The summed E-state index contributed by atoms with van der Waals surface area (Å²) in [6.07, 6.45) is 0. The van der Waals surface area contributed by atoms with Crippen molar-refractivity contribution >= 4 is 11.6 Å². The number of amides is 1. The lowest BCUT2D eigenvalue weighted by Gasteiger charge is -2.28. The summed E-state index contributed by atoms with van der Waals surface area (Å²) in [6.45, 7) is 3.66. The van der Waals surface area contributed by atoms with E-state index in [2.05, 4.69) is 37.8 Å². The molecule has 1 fully saturated rings. The van der Waals surface area contributed by atoms with Gasteiger partial charge in [-0.05, 0) is 47.5 Å². The van der Waals surface area contributed by atoms with E-state index in [-0.39, 0.29) is 5.91 Å².